The molecule has 2 aliphatic rings. The monoisotopic (exact) mass is 415 g/mol. The standard InChI is InChI=1S/C23H21N5O3/c1-13-9-30-12-21(15-4-2-14(7-24)3-5-15)28(13)23(29)19-6-16-17-10-31-11-18(17)22(25)27-20(16)8-26-19/h2-6,8,13,21H,9-12H2,1H3,(H2,25,27)/t13-,21-/m0/s1. The van der Waals surface area contributed by atoms with Gasteiger partial charge in [-0.1, -0.05) is 12.1 Å². The number of hydrogen-bond donors (Lipinski definition) is 1. The van der Waals surface area contributed by atoms with Crippen LogP contribution in [0.2, 0.25) is 0 Å². The predicted octanol–water partition coefficient (Wildman–Crippen LogP) is 2.72. The minimum absolute atomic E-state index is 0.127. The molecule has 5 rings (SSSR count). The van der Waals surface area contributed by atoms with Crippen molar-refractivity contribution in [3.63, 3.8) is 0 Å². The highest BCUT2D eigenvalue weighted by Gasteiger charge is 2.35. The maximum absolute atomic E-state index is 13.6. The fourth-order valence-corrected chi connectivity index (χ4v) is 4.32. The molecule has 8 nitrogen and oxygen atoms in total. The average molecular weight is 415 g/mol. The van der Waals surface area contributed by atoms with Gasteiger partial charge in [-0.2, -0.15) is 5.26 Å². The van der Waals surface area contributed by atoms with E-state index >= 15 is 0 Å². The van der Waals surface area contributed by atoms with Crippen LogP contribution < -0.4 is 5.73 Å². The number of nitrogens with zero attached hydrogens (tertiary/aromatic N) is 4. The molecule has 156 valence electrons. The molecule has 2 atom stereocenters. The lowest BCUT2D eigenvalue weighted by molar-refractivity contribution is -0.0318. The molecule has 2 aliphatic heterocycles. The van der Waals surface area contributed by atoms with Crippen LogP contribution in [0.15, 0.2) is 36.5 Å². The minimum Gasteiger partial charge on any atom is -0.383 e. The molecular formula is C23H21N5O3. The van der Waals surface area contributed by atoms with E-state index in [0.717, 1.165) is 22.1 Å². The Balaban J connectivity index is 1.54. The highest BCUT2D eigenvalue weighted by atomic mass is 16.5. The highest BCUT2D eigenvalue weighted by molar-refractivity contribution is 5.97. The summed E-state index contributed by atoms with van der Waals surface area (Å²) in [5, 5.41) is 9.91. The van der Waals surface area contributed by atoms with Crippen molar-refractivity contribution in [3.05, 3.63) is 64.5 Å². The Morgan fingerprint density at radius 1 is 1.19 bits per heavy atom. The number of carbonyl (C=O) groups excluding carboxylic acids is 1. The lowest BCUT2D eigenvalue weighted by Gasteiger charge is -2.40. The van der Waals surface area contributed by atoms with Gasteiger partial charge in [0.2, 0.25) is 0 Å². The summed E-state index contributed by atoms with van der Waals surface area (Å²) in [6.07, 6.45) is 1.60. The van der Waals surface area contributed by atoms with Crippen LogP contribution in [0.5, 0.6) is 0 Å². The molecule has 0 saturated carbocycles. The smallest absolute Gasteiger partial charge is 0.273 e. The van der Waals surface area contributed by atoms with Crippen LogP contribution in [0.25, 0.3) is 10.9 Å². The second-order valence-electron chi connectivity index (χ2n) is 7.88. The lowest BCUT2D eigenvalue weighted by atomic mass is 10.00. The van der Waals surface area contributed by atoms with Gasteiger partial charge in [-0.25, -0.2) is 9.97 Å². The van der Waals surface area contributed by atoms with Crippen LogP contribution in [0.4, 0.5) is 5.82 Å². The lowest BCUT2D eigenvalue weighted by Crippen LogP contribution is -2.49. The quantitative estimate of drug-likeness (QED) is 0.684. The Hall–Kier alpha value is -3.54. The number of morpholine rings is 1. The van der Waals surface area contributed by atoms with Crippen LogP contribution >= 0.6 is 0 Å². The molecule has 1 saturated heterocycles. The van der Waals surface area contributed by atoms with Gasteiger partial charge in [0.15, 0.2) is 0 Å². The molecule has 8 heteroatoms. The number of nitrogens with two attached hydrogens (primary N) is 1. The molecule has 2 aromatic heterocycles. The summed E-state index contributed by atoms with van der Waals surface area (Å²) in [6.45, 7) is 3.67. The number of benzene rings is 1. The molecule has 31 heavy (non-hydrogen) atoms. The first-order valence-corrected chi connectivity index (χ1v) is 10.1. The maximum atomic E-state index is 13.6. The molecule has 4 heterocycles. The van der Waals surface area contributed by atoms with E-state index in [0.29, 0.717) is 49.0 Å². The third-order valence-electron chi connectivity index (χ3n) is 5.94. The topological polar surface area (TPSA) is 114 Å². The third-order valence-corrected chi connectivity index (χ3v) is 5.94. The van der Waals surface area contributed by atoms with Crippen LogP contribution in [0, 0.1) is 11.3 Å². The van der Waals surface area contributed by atoms with Crippen LogP contribution in [-0.4, -0.2) is 40.0 Å². The number of nitrogen functional groups attached to an aromatic ring is 1. The fraction of sp³-hybridized carbons (Fsp3) is 0.304. The number of hydrogen-bond acceptors (Lipinski definition) is 7. The molecule has 0 spiro atoms. The molecule has 1 aromatic carbocycles. The Morgan fingerprint density at radius 2 is 1.97 bits per heavy atom. The third kappa shape index (κ3) is 3.28. The summed E-state index contributed by atoms with van der Waals surface area (Å²) in [6, 6.07) is 10.8. The van der Waals surface area contributed by atoms with E-state index in [9.17, 15) is 4.79 Å². The first-order chi connectivity index (χ1) is 15.1. The summed E-state index contributed by atoms with van der Waals surface area (Å²) in [5.41, 5.74) is 10.4. The van der Waals surface area contributed by atoms with Crippen molar-refractivity contribution in [2.24, 2.45) is 0 Å². The predicted molar refractivity (Wildman–Crippen MR) is 113 cm³/mol. The first-order valence-electron chi connectivity index (χ1n) is 10.1. The van der Waals surface area contributed by atoms with Gasteiger partial charge in [0.25, 0.3) is 5.91 Å². The van der Waals surface area contributed by atoms with Crippen molar-refractivity contribution in [2.75, 3.05) is 18.9 Å². The number of ether oxygens (including phenoxy) is 2. The van der Waals surface area contributed by atoms with E-state index in [2.05, 4.69) is 16.0 Å². The number of anilines is 1. The molecule has 0 bridgehead atoms. The van der Waals surface area contributed by atoms with Gasteiger partial charge in [-0.05, 0) is 36.2 Å². The van der Waals surface area contributed by atoms with E-state index in [-0.39, 0.29) is 18.0 Å². The van der Waals surface area contributed by atoms with Gasteiger partial charge in [0, 0.05) is 10.9 Å². The number of rotatable bonds is 2. The molecule has 0 radical (unpaired) electrons. The van der Waals surface area contributed by atoms with Gasteiger partial charge >= 0.3 is 0 Å². The fourth-order valence-electron chi connectivity index (χ4n) is 4.32. The average Bonchev–Trinajstić information content (AvgIpc) is 3.29. The zero-order valence-corrected chi connectivity index (χ0v) is 17.0. The van der Waals surface area contributed by atoms with Crippen molar-refractivity contribution in [3.8, 4) is 6.07 Å². The SMILES string of the molecule is C[C@H]1COC[C@@H](c2ccc(C#N)cc2)N1C(=O)c1cc2c3c(c(N)nc2cn1)COC3. The highest BCUT2D eigenvalue weighted by Crippen LogP contribution is 2.33. The van der Waals surface area contributed by atoms with E-state index in [4.69, 9.17) is 20.5 Å². The maximum Gasteiger partial charge on any atom is 0.273 e. The summed E-state index contributed by atoms with van der Waals surface area (Å²) in [5.74, 6) is 0.278. The molecule has 2 N–H and O–H groups in total. The Morgan fingerprint density at radius 3 is 2.74 bits per heavy atom. The van der Waals surface area contributed by atoms with Crippen LogP contribution in [0.3, 0.4) is 0 Å². The van der Waals surface area contributed by atoms with E-state index in [1.54, 1.807) is 24.4 Å². The van der Waals surface area contributed by atoms with Crippen molar-refractivity contribution < 1.29 is 14.3 Å². The number of pyridine rings is 2. The van der Waals surface area contributed by atoms with Crippen LogP contribution in [-0.2, 0) is 22.7 Å². The van der Waals surface area contributed by atoms with Crippen LogP contribution in [0.1, 0.15) is 45.7 Å². The minimum atomic E-state index is -0.264. The number of amides is 1. The first kappa shape index (κ1) is 19.4. The second-order valence-corrected chi connectivity index (χ2v) is 7.88. The number of nitriles is 1. The number of fused-ring (bicyclic) bond motifs is 3. The Labute approximate surface area is 179 Å². The Bertz CT molecular complexity index is 1220. The van der Waals surface area contributed by atoms with Gasteiger partial charge in [-0.3, -0.25) is 4.79 Å². The van der Waals surface area contributed by atoms with Crippen molar-refractivity contribution in [1.29, 1.82) is 5.26 Å². The van der Waals surface area contributed by atoms with E-state index in [1.165, 1.54) is 0 Å². The summed E-state index contributed by atoms with van der Waals surface area (Å²) in [4.78, 5) is 24.2. The van der Waals surface area contributed by atoms with Gasteiger partial charge in [0.05, 0.1) is 61.9 Å². The van der Waals surface area contributed by atoms with E-state index < -0.39 is 0 Å². The second kappa shape index (κ2) is 7.61. The summed E-state index contributed by atoms with van der Waals surface area (Å²) >= 11 is 0. The normalized spacial score (nSPS) is 20.5. The summed E-state index contributed by atoms with van der Waals surface area (Å²) in [7, 11) is 0. The number of aromatic nitrogens is 2. The molecule has 0 unspecified atom stereocenters. The molecule has 1 amide bonds. The Kier molecular flexibility index (Phi) is 4.77. The zero-order valence-electron chi connectivity index (χ0n) is 17.0. The van der Waals surface area contributed by atoms with Crippen molar-refractivity contribution >= 4 is 22.6 Å². The molecule has 1 fully saturated rings. The largest absolute Gasteiger partial charge is 0.383 e. The molecular weight excluding hydrogens is 394 g/mol. The number of carbonyl (C=O) groups is 1. The summed E-state index contributed by atoms with van der Waals surface area (Å²) < 4.78 is 11.3. The van der Waals surface area contributed by atoms with Crippen molar-refractivity contribution in [1.82, 2.24) is 14.9 Å². The van der Waals surface area contributed by atoms with Gasteiger partial charge in [-0.15, -0.1) is 0 Å². The van der Waals surface area contributed by atoms with Crippen molar-refractivity contribution in [2.45, 2.75) is 32.2 Å². The zero-order chi connectivity index (χ0) is 21.5. The molecule has 3 aromatic rings. The molecule has 0 aliphatic carbocycles. The van der Waals surface area contributed by atoms with Gasteiger partial charge < -0.3 is 20.1 Å². The van der Waals surface area contributed by atoms with E-state index in [1.807, 2.05) is 24.0 Å². The van der Waals surface area contributed by atoms with Gasteiger partial charge in [0.1, 0.15) is 11.5 Å².